The van der Waals surface area contributed by atoms with E-state index in [-0.39, 0.29) is 11.4 Å². The van der Waals surface area contributed by atoms with Gasteiger partial charge in [-0.15, -0.1) is 0 Å². The molecule has 3 nitrogen and oxygen atoms in total. The Bertz CT molecular complexity index is 593. The fraction of sp³-hybridized carbons (Fsp3) is 0.400. The van der Waals surface area contributed by atoms with Crippen molar-refractivity contribution in [1.29, 1.82) is 0 Å². The van der Waals surface area contributed by atoms with Crippen LogP contribution in [-0.2, 0) is 0 Å². The van der Waals surface area contributed by atoms with Crippen LogP contribution < -0.4 is 5.32 Å². The van der Waals surface area contributed by atoms with Crippen molar-refractivity contribution >= 4 is 16.8 Å². The first kappa shape index (κ1) is 11.3. The van der Waals surface area contributed by atoms with Crippen molar-refractivity contribution in [3.63, 3.8) is 0 Å². The molecule has 0 bridgehead atoms. The largest absolute Gasteiger partial charge is 0.361 e. The number of aromatic amines is 1. The molecule has 2 aromatic rings. The Labute approximate surface area is 107 Å². The molecule has 0 radical (unpaired) electrons. The van der Waals surface area contributed by atoms with Gasteiger partial charge in [0.25, 0.3) is 5.91 Å². The molecule has 0 spiro atoms. The van der Waals surface area contributed by atoms with Crippen LogP contribution >= 0.6 is 0 Å². The summed E-state index contributed by atoms with van der Waals surface area (Å²) in [6.45, 7) is 4.22. The lowest BCUT2D eigenvalue weighted by atomic mass is 9.97. The molecule has 3 heteroatoms. The number of benzene rings is 1. The van der Waals surface area contributed by atoms with Gasteiger partial charge >= 0.3 is 0 Å². The van der Waals surface area contributed by atoms with Crippen molar-refractivity contribution in [2.75, 3.05) is 0 Å². The fourth-order valence-electron chi connectivity index (χ4n) is 2.55. The number of carbonyl (C=O) groups excluding carboxylic acids is 1. The number of carbonyl (C=O) groups is 1. The van der Waals surface area contributed by atoms with Crippen molar-refractivity contribution in [3.05, 3.63) is 36.0 Å². The van der Waals surface area contributed by atoms with E-state index < -0.39 is 0 Å². The van der Waals surface area contributed by atoms with Crippen LogP contribution in [0.4, 0.5) is 0 Å². The zero-order valence-corrected chi connectivity index (χ0v) is 10.8. The van der Waals surface area contributed by atoms with Gasteiger partial charge in [0.1, 0.15) is 0 Å². The minimum Gasteiger partial charge on any atom is -0.361 e. The number of aromatic nitrogens is 1. The number of hydrogen-bond acceptors (Lipinski definition) is 1. The minimum atomic E-state index is -0.102. The van der Waals surface area contributed by atoms with Gasteiger partial charge in [0.15, 0.2) is 0 Å². The summed E-state index contributed by atoms with van der Waals surface area (Å²) >= 11 is 0. The Balaban J connectivity index is 1.90. The lowest BCUT2D eigenvalue weighted by Gasteiger charge is -2.26. The SMILES string of the molecule is CC(C)(NC(=O)c1cccc2[nH]ccc12)C1CC1. The van der Waals surface area contributed by atoms with Crippen LogP contribution in [0.2, 0.25) is 0 Å². The van der Waals surface area contributed by atoms with E-state index in [1.807, 2.05) is 30.5 Å². The summed E-state index contributed by atoms with van der Waals surface area (Å²) in [4.78, 5) is 15.5. The molecule has 0 aliphatic heterocycles. The van der Waals surface area contributed by atoms with E-state index in [4.69, 9.17) is 0 Å². The average Bonchev–Trinajstić information content (AvgIpc) is 3.07. The molecular weight excluding hydrogens is 224 g/mol. The molecule has 0 saturated heterocycles. The third-order valence-corrected chi connectivity index (χ3v) is 3.87. The minimum absolute atomic E-state index is 0.0251. The summed E-state index contributed by atoms with van der Waals surface area (Å²) < 4.78 is 0. The number of amides is 1. The lowest BCUT2D eigenvalue weighted by molar-refractivity contribution is 0.0905. The smallest absolute Gasteiger partial charge is 0.252 e. The molecule has 1 aliphatic carbocycles. The van der Waals surface area contributed by atoms with Crippen molar-refractivity contribution in [2.24, 2.45) is 5.92 Å². The average molecular weight is 242 g/mol. The number of H-pyrrole nitrogens is 1. The molecule has 1 saturated carbocycles. The highest BCUT2D eigenvalue weighted by Crippen LogP contribution is 2.39. The van der Waals surface area contributed by atoms with E-state index in [2.05, 4.69) is 24.1 Å². The van der Waals surface area contributed by atoms with E-state index in [0.717, 1.165) is 16.5 Å². The maximum Gasteiger partial charge on any atom is 0.252 e. The number of nitrogens with one attached hydrogen (secondary N) is 2. The van der Waals surface area contributed by atoms with Crippen LogP contribution in [0.1, 0.15) is 37.0 Å². The second kappa shape index (κ2) is 3.87. The second-order valence-electron chi connectivity index (χ2n) is 5.69. The van der Waals surface area contributed by atoms with E-state index in [1.54, 1.807) is 0 Å². The lowest BCUT2D eigenvalue weighted by Crippen LogP contribution is -2.45. The summed E-state index contributed by atoms with van der Waals surface area (Å²) in [7, 11) is 0. The molecule has 94 valence electrons. The van der Waals surface area contributed by atoms with E-state index >= 15 is 0 Å². The molecule has 3 rings (SSSR count). The maximum absolute atomic E-state index is 12.4. The molecule has 1 aromatic heterocycles. The van der Waals surface area contributed by atoms with Gasteiger partial charge in [0, 0.05) is 28.2 Å². The van der Waals surface area contributed by atoms with E-state index in [9.17, 15) is 4.79 Å². The molecule has 18 heavy (non-hydrogen) atoms. The topological polar surface area (TPSA) is 44.9 Å². The first-order valence-corrected chi connectivity index (χ1v) is 6.46. The Morgan fingerprint density at radius 1 is 1.33 bits per heavy atom. The van der Waals surface area contributed by atoms with Crippen LogP contribution in [0.25, 0.3) is 10.9 Å². The summed E-state index contributed by atoms with van der Waals surface area (Å²) in [5, 5.41) is 4.15. The van der Waals surface area contributed by atoms with Crippen molar-refractivity contribution in [1.82, 2.24) is 10.3 Å². The summed E-state index contributed by atoms with van der Waals surface area (Å²) in [5.41, 5.74) is 1.66. The summed E-state index contributed by atoms with van der Waals surface area (Å²) in [5.74, 6) is 0.656. The Kier molecular flexibility index (Phi) is 2.44. The maximum atomic E-state index is 12.4. The first-order chi connectivity index (χ1) is 8.58. The Hall–Kier alpha value is -1.77. The quantitative estimate of drug-likeness (QED) is 0.853. The molecule has 1 aromatic carbocycles. The predicted molar refractivity (Wildman–Crippen MR) is 72.6 cm³/mol. The highest BCUT2D eigenvalue weighted by Gasteiger charge is 2.38. The van der Waals surface area contributed by atoms with Crippen LogP contribution in [-0.4, -0.2) is 16.4 Å². The predicted octanol–water partition coefficient (Wildman–Crippen LogP) is 3.09. The van der Waals surface area contributed by atoms with Crippen molar-refractivity contribution in [2.45, 2.75) is 32.2 Å². The molecule has 0 unspecified atom stereocenters. The molecule has 0 atom stereocenters. The van der Waals surface area contributed by atoms with Gasteiger partial charge in [0.05, 0.1) is 0 Å². The number of fused-ring (bicyclic) bond motifs is 1. The molecular formula is C15H18N2O. The van der Waals surface area contributed by atoms with Gasteiger partial charge in [-0.05, 0) is 50.8 Å². The van der Waals surface area contributed by atoms with Gasteiger partial charge in [0.2, 0.25) is 0 Å². The molecule has 1 fully saturated rings. The third-order valence-electron chi connectivity index (χ3n) is 3.87. The summed E-state index contributed by atoms with van der Waals surface area (Å²) in [6.07, 6.45) is 4.32. The third kappa shape index (κ3) is 1.90. The zero-order valence-electron chi connectivity index (χ0n) is 10.8. The van der Waals surface area contributed by atoms with Gasteiger partial charge in [-0.3, -0.25) is 4.79 Å². The highest BCUT2D eigenvalue weighted by molar-refractivity contribution is 6.06. The molecule has 1 aliphatic rings. The van der Waals surface area contributed by atoms with Gasteiger partial charge < -0.3 is 10.3 Å². The van der Waals surface area contributed by atoms with Gasteiger partial charge in [-0.2, -0.15) is 0 Å². The molecule has 1 amide bonds. The Morgan fingerprint density at radius 2 is 2.11 bits per heavy atom. The van der Waals surface area contributed by atoms with E-state index in [0.29, 0.717) is 5.92 Å². The fourth-order valence-corrected chi connectivity index (χ4v) is 2.55. The Morgan fingerprint density at radius 3 is 2.83 bits per heavy atom. The second-order valence-corrected chi connectivity index (χ2v) is 5.69. The van der Waals surface area contributed by atoms with E-state index in [1.165, 1.54) is 12.8 Å². The van der Waals surface area contributed by atoms with Crippen molar-refractivity contribution < 1.29 is 4.79 Å². The molecule has 1 heterocycles. The van der Waals surface area contributed by atoms with Gasteiger partial charge in [-0.1, -0.05) is 6.07 Å². The van der Waals surface area contributed by atoms with Crippen molar-refractivity contribution in [3.8, 4) is 0 Å². The highest BCUT2D eigenvalue weighted by atomic mass is 16.1. The van der Waals surface area contributed by atoms with Crippen LogP contribution in [0.5, 0.6) is 0 Å². The number of hydrogen-bond donors (Lipinski definition) is 2. The first-order valence-electron chi connectivity index (χ1n) is 6.46. The normalized spacial score (nSPS) is 15.9. The summed E-state index contributed by atoms with van der Waals surface area (Å²) in [6, 6.07) is 7.73. The number of rotatable bonds is 3. The standard InChI is InChI=1S/C15H18N2O/c1-15(2,10-6-7-10)17-14(18)12-4-3-5-13-11(12)8-9-16-13/h3-5,8-10,16H,6-7H2,1-2H3,(H,17,18). The van der Waals surface area contributed by atoms with Gasteiger partial charge in [-0.25, -0.2) is 0 Å². The van der Waals surface area contributed by atoms with Crippen LogP contribution in [0.15, 0.2) is 30.5 Å². The monoisotopic (exact) mass is 242 g/mol. The van der Waals surface area contributed by atoms with Crippen LogP contribution in [0, 0.1) is 5.92 Å². The van der Waals surface area contributed by atoms with Crippen LogP contribution in [0.3, 0.4) is 0 Å². The molecule has 2 N–H and O–H groups in total. The zero-order chi connectivity index (χ0) is 12.8.